The molecule has 1 fully saturated rings. The van der Waals surface area contributed by atoms with Crippen molar-refractivity contribution in [1.82, 2.24) is 10.2 Å². The minimum atomic E-state index is -0.439. The summed E-state index contributed by atoms with van der Waals surface area (Å²) >= 11 is 5.94. The number of halogens is 1. The van der Waals surface area contributed by atoms with Crippen molar-refractivity contribution in [3.05, 3.63) is 63.8 Å². The van der Waals surface area contributed by atoms with Crippen molar-refractivity contribution in [1.29, 1.82) is 0 Å². The fourth-order valence-corrected chi connectivity index (χ4v) is 5.18. The van der Waals surface area contributed by atoms with E-state index in [4.69, 9.17) is 16.3 Å². The maximum Gasteiger partial charge on any atom is 0.329 e. The summed E-state index contributed by atoms with van der Waals surface area (Å²) in [5.74, 6) is 0.665. The summed E-state index contributed by atoms with van der Waals surface area (Å²) in [6.45, 7) is 9.99. The van der Waals surface area contributed by atoms with Gasteiger partial charge < -0.3 is 15.0 Å². The van der Waals surface area contributed by atoms with Crippen molar-refractivity contribution < 1.29 is 14.3 Å². The third kappa shape index (κ3) is 4.32. The molecule has 1 N–H and O–H groups in total. The highest BCUT2D eigenvalue weighted by Gasteiger charge is 2.37. The normalized spacial score (nSPS) is 20.8. The van der Waals surface area contributed by atoms with E-state index in [1.807, 2.05) is 0 Å². The standard InChI is InChI=1S/C26H30ClN3O3/c1-6-30-22-13-23(33-5)18(11-20(22)16(2)14-26(30,3)4)12-21-24(31)29(25(32)28-21)15-17-7-9-19(27)10-8-17/h7-13,16H,6,14-15H2,1-5H3,(H,28,32)/b21-12+. The van der Waals surface area contributed by atoms with Gasteiger partial charge in [-0.05, 0) is 68.5 Å². The molecule has 0 saturated carbocycles. The number of nitrogens with one attached hydrogen (secondary N) is 1. The number of benzene rings is 2. The lowest BCUT2D eigenvalue weighted by Gasteiger charge is -2.47. The molecule has 7 heteroatoms. The number of anilines is 1. The Morgan fingerprint density at radius 3 is 2.55 bits per heavy atom. The third-order valence-corrected chi connectivity index (χ3v) is 6.82. The lowest BCUT2D eigenvalue weighted by atomic mass is 9.79. The first-order valence-electron chi connectivity index (χ1n) is 11.2. The van der Waals surface area contributed by atoms with Crippen LogP contribution in [0.2, 0.25) is 5.02 Å². The molecule has 1 atom stereocenters. The molecular weight excluding hydrogens is 438 g/mol. The minimum absolute atomic E-state index is 0.0454. The molecule has 174 valence electrons. The summed E-state index contributed by atoms with van der Waals surface area (Å²) in [6, 6.07) is 10.8. The monoisotopic (exact) mass is 467 g/mol. The van der Waals surface area contributed by atoms with Crippen LogP contribution in [0.3, 0.4) is 0 Å². The molecular formula is C26H30ClN3O3. The molecule has 2 aliphatic rings. The topological polar surface area (TPSA) is 61.9 Å². The second-order valence-electron chi connectivity index (χ2n) is 9.32. The Kier molecular flexibility index (Phi) is 6.14. The number of carbonyl (C=O) groups is 2. The van der Waals surface area contributed by atoms with Crippen LogP contribution < -0.4 is 15.0 Å². The van der Waals surface area contributed by atoms with Gasteiger partial charge in [-0.25, -0.2) is 4.79 Å². The van der Waals surface area contributed by atoms with Crippen molar-refractivity contribution in [3.8, 4) is 5.75 Å². The van der Waals surface area contributed by atoms with Crippen LogP contribution in [0, 0.1) is 0 Å². The summed E-state index contributed by atoms with van der Waals surface area (Å²) in [4.78, 5) is 29.2. The van der Waals surface area contributed by atoms with Crippen LogP contribution >= 0.6 is 11.6 Å². The smallest absolute Gasteiger partial charge is 0.329 e. The number of ether oxygens (including phenoxy) is 1. The Morgan fingerprint density at radius 1 is 1.21 bits per heavy atom. The lowest BCUT2D eigenvalue weighted by Crippen LogP contribution is -2.48. The maximum atomic E-state index is 13.0. The maximum absolute atomic E-state index is 13.0. The van der Waals surface area contributed by atoms with Crippen LogP contribution in [0.5, 0.6) is 5.75 Å². The van der Waals surface area contributed by atoms with Gasteiger partial charge in [0.2, 0.25) is 0 Å². The first-order valence-corrected chi connectivity index (χ1v) is 11.6. The molecule has 33 heavy (non-hydrogen) atoms. The van der Waals surface area contributed by atoms with Gasteiger partial charge in [-0.3, -0.25) is 9.69 Å². The van der Waals surface area contributed by atoms with Gasteiger partial charge >= 0.3 is 6.03 Å². The zero-order chi connectivity index (χ0) is 23.9. The predicted octanol–water partition coefficient (Wildman–Crippen LogP) is 5.55. The number of carbonyl (C=O) groups excluding carboxylic acids is 2. The highest BCUT2D eigenvalue weighted by atomic mass is 35.5. The molecule has 6 nitrogen and oxygen atoms in total. The number of fused-ring (bicyclic) bond motifs is 1. The van der Waals surface area contributed by atoms with Crippen molar-refractivity contribution in [2.45, 2.75) is 52.1 Å². The van der Waals surface area contributed by atoms with Crippen molar-refractivity contribution in [3.63, 3.8) is 0 Å². The summed E-state index contributed by atoms with van der Waals surface area (Å²) in [5.41, 5.74) is 4.26. The average Bonchev–Trinajstić information content (AvgIpc) is 3.02. The van der Waals surface area contributed by atoms with Crippen LogP contribution in [0.15, 0.2) is 42.1 Å². The molecule has 0 aromatic heterocycles. The number of methoxy groups -OCH3 is 1. The van der Waals surface area contributed by atoms with Gasteiger partial charge in [0.25, 0.3) is 5.91 Å². The molecule has 3 amide bonds. The number of rotatable bonds is 5. The summed E-state index contributed by atoms with van der Waals surface area (Å²) < 4.78 is 5.69. The molecule has 1 saturated heterocycles. The number of urea groups is 1. The molecule has 0 bridgehead atoms. The minimum Gasteiger partial charge on any atom is -0.496 e. The van der Waals surface area contributed by atoms with E-state index < -0.39 is 6.03 Å². The first kappa shape index (κ1) is 23.2. The fourth-order valence-electron chi connectivity index (χ4n) is 5.06. The molecule has 0 aliphatic carbocycles. The number of amides is 3. The van der Waals surface area contributed by atoms with Gasteiger partial charge in [0.05, 0.1) is 13.7 Å². The van der Waals surface area contributed by atoms with Gasteiger partial charge in [-0.2, -0.15) is 0 Å². The van der Waals surface area contributed by atoms with Gasteiger partial charge in [-0.15, -0.1) is 0 Å². The van der Waals surface area contributed by atoms with Crippen molar-refractivity contribution in [2.24, 2.45) is 0 Å². The van der Waals surface area contributed by atoms with Crippen LogP contribution in [0.4, 0.5) is 10.5 Å². The molecule has 2 aliphatic heterocycles. The second-order valence-corrected chi connectivity index (χ2v) is 9.76. The molecule has 1 unspecified atom stereocenters. The number of imide groups is 1. The van der Waals surface area contributed by atoms with Crippen LogP contribution in [-0.2, 0) is 11.3 Å². The SMILES string of the molecule is CCN1c2cc(OC)c(/C=C3/NC(=O)N(Cc4ccc(Cl)cc4)C3=O)cc2C(C)CC1(C)C. The Labute approximate surface area is 200 Å². The summed E-state index contributed by atoms with van der Waals surface area (Å²) in [7, 11) is 1.62. The molecule has 0 radical (unpaired) electrons. The Morgan fingerprint density at radius 2 is 1.91 bits per heavy atom. The van der Waals surface area contributed by atoms with E-state index in [-0.39, 0.29) is 23.7 Å². The van der Waals surface area contributed by atoms with Gasteiger partial charge in [0, 0.05) is 34.4 Å². The zero-order valence-electron chi connectivity index (χ0n) is 19.7. The van der Waals surface area contributed by atoms with Crippen LogP contribution in [0.1, 0.15) is 56.7 Å². The van der Waals surface area contributed by atoms with Gasteiger partial charge in [0.1, 0.15) is 11.4 Å². The van der Waals surface area contributed by atoms with E-state index >= 15 is 0 Å². The van der Waals surface area contributed by atoms with E-state index in [0.29, 0.717) is 16.7 Å². The van der Waals surface area contributed by atoms with E-state index in [0.717, 1.165) is 29.8 Å². The van der Waals surface area contributed by atoms with E-state index in [1.165, 1.54) is 10.5 Å². The Bertz CT molecular complexity index is 1120. The predicted molar refractivity (Wildman–Crippen MR) is 132 cm³/mol. The fraction of sp³-hybridized carbons (Fsp3) is 0.385. The number of hydrogen-bond acceptors (Lipinski definition) is 4. The lowest BCUT2D eigenvalue weighted by molar-refractivity contribution is -0.123. The van der Waals surface area contributed by atoms with Crippen molar-refractivity contribution in [2.75, 3.05) is 18.6 Å². The number of nitrogens with zero attached hydrogens (tertiary/aromatic N) is 2. The molecule has 2 aromatic rings. The third-order valence-electron chi connectivity index (χ3n) is 6.57. The van der Waals surface area contributed by atoms with E-state index in [9.17, 15) is 9.59 Å². The summed E-state index contributed by atoms with van der Waals surface area (Å²) in [5, 5.41) is 3.32. The van der Waals surface area contributed by atoms with Gasteiger partial charge in [0.15, 0.2) is 0 Å². The largest absolute Gasteiger partial charge is 0.496 e. The summed E-state index contributed by atoms with van der Waals surface area (Å²) in [6.07, 6.45) is 2.74. The van der Waals surface area contributed by atoms with Crippen LogP contribution in [-0.4, -0.2) is 36.0 Å². The average molecular weight is 468 g/mol. The molecule has 2 aromatic carbocycles. The zero-order valence-corrected chi connectivity index (χ0v) is 20.5. The highest BCUT2D eigenvalue weighted by molar-refractivity contribution is 6.30. The number of hydrogen-bond donors (Lipinski definition) is 1. The van der Waals surface area contributed by atoms with E-state index in [2.05, 4.69) is 50.0 Å². The van der Waals surface area contributed by atoms with Gasteiger partial charge in [-0.1, -0.05) is 30.7 Å². The van der Waals surface area contributed by atoms with E-state index in [1.54, 1.807) is 37.5 Å². The first-order chi connectivity index (χ1) is 15.6. The highest BCUT2D eigenvalue weighted by Crippen LogP contribution is 2.46. The van der Waals surface area contributed by atoms with Crippen molar-refractivity contribution >= 4 is 35.3 Å². The Balaban J connectivity index is 1.67. The molecule has 0 spiro atoms. The molecule has 2 heterocycles. The molecule has 4 rings (SSSR count). The second kappa shape index (κ2) is 8.75. The van der Waals surface area contributed by atoms with Crippen LogP contribution in [0.25, 0.3) is 6.08 Å². The quantitative estimate of drug-likeness (QED) is 0.462. The Hall–Kier alpha value is -2.99.